The molecule has 0 aromatic heterocycles. The summed E-state index contributed by atoms with van der Waals surface area (Å²) >= 11 is 5.81. The molecule has 0 saturated heterocycles. The molecule has 6 heteroatoms. The molecule has 3 rings (SSSR count). The van der Waals surface area contributed by atoms with Crippen LogP contribution < -0.4 is 4.90 Å². The Morgan fingerprint density at radius 3 is 2.27 bits per heavy atom. The Balaban J connectivity index is 2.05. The van der Waals surface area contributed by atoms with Gasteiger partial charge < -0.3 is 4.74 Å². The summed E-state index contributed by atoms with van der Waals surface area (Å²) in [6, 6.07) is 10.7. The summed E-state index contributed by atoms with van der Waals surface area (Å²) in [5, 5.41) is 0.508. The van der Waals surface area contributed by atoms with E-state index in [0.717, 1.165) is 4.90 Å². The molecule has 5 nitrogen and oxygen atoms in total. The molecule has 0 aliphatic carbocycles. The molecule has 0 radical (unpaired) electrons. The number of nitrogens with zero attached hydrogens (tertiary/aromatic N) is 1. The van der Waals surface area contributed by atoms with Gasteiger partial charge >= 0.3 is 5.97 Å². The zero-order valence-electron chi connectivity index (χ0n) is 11.5. The van der Waals surface area contributed by atoms with E-state index in [2.05, 4.69) is 4.74 Å². The predicted octanol–water partition coefficient (Wildman–Crippen LogP) is 2.93. The zero-order chi connectivity index (χ0) is 15.9. The first-order valence-corrected chi connectivity index (χ1v) is 6.77. The van der Waals surface area contributed by atoms with Crippen LogP contribution in [0.3, 0.4) is 0 Å². The number of halogens is 1. The first kappa shape index (κ1) is 14.3. The van der Waals surface area contributed by atoms with Crippen LogP contribution in [0.15, 0.2) is 42.5 Å². The van der Waals surface area contributed by atoms with Crippen molar-refractivity contribution in [3.05, 3.63) is 64.2 Å². The number of carbonyl (C=O) groups is 3. The molecule has 22 heavy (non-hydrogen) atoms. The number of anilines is 1. The van der Waals surface area contributed by atoms with Crippen molar-refractivity contribution >= 4 is 35.1 Å². The Morgan fingerprint density at radius 1 is 1.00 bits per heavy atom. The van der Waals surface area contributed by atoms with E-state index in [0.29, 0.717) is 10.7 Å². The van der Waals surface area contributed by atoms with Crippen molar-refractivity contribution in [2.75, 3.05) is 12.0 Å². The fourth-order valence-corrected chi connectivity index (χ4v) is 2.44. The van der Waals surface area contributed by atoms with E-state index in [1.54, 1.807) is 24.3 Å². The number of rotatable bonds is 2. The third-order valence-electron chi connectivity index (χ3n) is 3.39. The molecule has 0 unspecified atom stereocenters. The molecule has 2 aromatic rings. The highest BCUT2D eigenvalue weighted by Gasteiger charge is 2.37. The first-order valence-electron chi connectivity index (χ1n) is 6.39. The van der Waals surface area contributed by atoms with Gasteiger partial charge in [0.1, 0.15) is 0 Å². The van der Waals surface area contributed by atoms with Gasteiger partial charge in [0.15, 0.2) is 0 Å². The number of imide groups is 1. The number of hydrogen-bond donors (Lipinski definition) is 0. The first-order chi connectivity index (χ1) is 10.5. The Morgan fingerprint density at radius 2 is 1.64 bits per heavy atom. The lowest BCUT2D eigenvalue weighted by atomic mass is 10.1. The molecule has 0 N–H and O–H groups in total. The molecule has 0 atom stereocenters. The summed E-state index contributed by atoms with van der Waals surface area (Å²) in [6.07, 6.45) is 0. The Bertz CT molecular complexity index is 798. The van der Waals surface area contributed by atoms with Gasteiger partial charge in [0.2, 0.25) is 0 Å². The third-order valence-corrected chi connectivity index (χ3v) is 3.64. The monoisotopic (exact) mass is 315 g/mol. The number of carbonyl (C=O) groups excluding carboxylic acids is 3. The maximum atomic E-state index is 12.5. The van der Waals surface area contributed by atoms with Gasteiger partial charge in [-0.1, -0.05) is 11.6 Å². The molecule has 110 valence electrons. The Hall–Kier alpha value is -2.66. The molecule has 0 saturated carbocycles. The highest BCUT2D eigenvalue weighted by molar-refractivity contribution is 6.35. The van der Waals surface area contributed by atoms with Gasteiger partial charge in [-0.3, -0.25) is 9.59 Å². The predicted molar refractivity (Wildman–Crippen MR) is 80.4 cm³/mol. The van der Waals surface area contributed by atoms with Crippen LogP contribution in [0.25, 0.3) is 0 Å². The average Bonchev–Trinajstić information content (AvgIpc) is 2.79. The number of fused-ring (bicyclic) bond motifs is 1. The number of amides is 2. The third kappa shape index (κ3) is 2.16. The number of benzene rings is 2. The van der Waals surface area contributed by atoms with Crippen LogP contribution in [0, 0.1) is 0 Å². The van der Waals surface area contributed by atoms with Gasteiger partial charge in [-0.15, -0.1) is 0 Å². The van der Waals surface area contributed by atoms with Crippen LogP contribution in [-0.2, 0) is 4.74 Å². The lowest BCUT2D eigenvalue weighted by molar-refractivity contribution is 0.0600. The van der Waals surface area contributed by atoms with Crippen LogP contribution in [0.5, 0.6) is 0 Å². The van der Waals surface area contributed by atoms with E-state index < -0.39 is 17.8 Å². The van der Waals surface area contributed by atoms with E-state index in [1.165, 1.54) is 25.3 Å². The van der Waals surface area contributed by atoms with Crippen LogP contribution in [0.4, 0.5) is 5.69 Å². The standard InChI is InChI=1S/C16H10ClNO4/c1-22-16(21)9-2-7-12-13(8-9)15(20)18(14(12)19)11-5-3-10(17)4-6-11/h2-8H,1H3. The topological polar surface area (TPSA) is 63.7 Å². The van der Waals surface area contributed by atoms with Crippen molar-refractivity contribution in [2.45, 2.75) is 0 Å². The SMILES string of the molecule is COC(=O)c1ccc2c(c1)C(=O)N(c1ccc(Cl)cc1)C2=O. The Kier molecular flexibility index (Phi) is 3.42. The van der Waals surface area contributed by atoms with Crippen molar-refractivity contribution in [2.24, 2.45) is 0 Å². The molecule has 1 aliphatic rings. The van der Waals surface area contributed by atoms with Crippen molar-refractivity contribution < 1.29 is 19.1 Å². The van der Waals surface area contributed by atoms with Crippen LogP contribution in [0.2, 0.25) is 5.02 Å². The van der Waals surface area contributed by atoms with Crippen LogP contribution in [-0.4, -0.2) is 24.9 Å². The summed E-state index contributed by atoms with van der Waals surface area (Å²) in [6.45, 7) is 0. The van der Waals surface area contributed by atoms with Gasteiger partial charge in [-0.05, 0) is 42.5 Å². The minimum atomic E-state index is -0.562. The largest absolute Gasteiger partial charge is 0.465 e. The summed E-state index contributed by atoms with van der Waals surface area (Å²) in [4.78, 5) is 37.5. The van der Waals surface area contributed by atoms with E-state index in [-0.39, 0.29) is 16.7 Å². The molecule has 2 amide bonds. The molecule has 0 spiro atoms. The van der Waals surface area contributed by atoms with E-state index in [4.69, 9.17) is 11.6 Å². The molecule has 1 aliphatic heterocycles. The van der Waals surface area contributed by atoms with Crippen molar-refractivity contribution in [1.82, 2.24) is 0 Å². The quantitative estimate of drug-likeness (QED) is 0.631. The Labute approximate surface area is 131 Å². The minimum Gasteiger partial charge on any atom is -0.465 e. The number of methoxy groups -OCH3 is 1. The highest BCUT2D eigenvalue weighted by atomic mass is 35.5. The van der Waals surface area contributed by atoms with Crippen LogP contribution in [0.1, 0.15) is 31.1 Å². The van der Waals surface area contributed by atoms with Crippen molar-refractivity contribution in [1.29, 1.82) is 0 Å². The molecular weight excluding hydrogens is 306 g/mol. The summed E-state index contributed by atoms with van der Waals surface area (Å²) < 4.78 is 4.62. The second-order valence-electron chi connectivity index (χ2n) is 4.67. The van der Waals surface area contributed by atoms with Gasteiger partial charge in [0, 0.05) is 5.02 Å². The fourth-order valence-electron chi connectivity index (χ4n) is 2.31. The van der Waals surface area contributed by atoms with Gasteiger partial charge in [-0.2, -0.15) is 0 Å². The highest BCUT2D eigenvalue weighted by Crippen LogP contribution is 2.29. The number of hydrogen-bond acceptors (Lipinski definition) is 4. The van der Waals surface area contributed by atoms with E-state index >= 15 is 0 Å². The van der Waals surface area contributed by atoms with Gasteiger partial charge in [-0.25, -0.2) is 9.69 Å². The molecule has 1 heterocycles. The maximum Gasteiger partial charge on any atom is 0.337 e. The van der Waals surface area contributed by atoms with Crippen LogP contribution >= 0.6 is 11.6 Å². The molecule has 0 fully saturated rings. The number of esters is 1. The average molecular weight is 316 g/mol. The fraction of sp³-hybridized carbons (Fsp3) is 0.0625. The van der Waals surface area contributed by atoms with Gasteiger partial charge in [0.05, 0.1) is 29.5 Å². The van der Waals surface area contributed by atoms with Crippen molar-refractivity contribution in [3.8, 4) is 0 Å². The summed E-state index contributed by atoms with van der Waals surface area (Å²) in [5.41, 5.74) is 1.09. The molecular formula is C16H10ClNO4. The van der Waals surface area contributed by atoms with E-state index in [1.807, 2.05) is 0 Å². The molecule has 2 aromatic carbocycles. The summed E-state index contributed by atoms with van der Waals surface area (Å²) in [7, 11) is 1.25. The summed E-state index contributed by atoms with van der Waals surface area (Å²) in [5.74, 6) is -1.47. The van der Waals surface area contributed by atoms with E-state index in [9.17, 15) is 14.4 Å². The number of ether oxygens (including phenoxy) is 1. The lowest BCUT2D eigenvalue weighted by Gasteiger charge is -2.13. The molecule has 0 bridgehead atoms. The second-order valence-corrected chi connectivity index (χ2v) is 5.11. The smallest absolute Gasteiger partial charge is 0.337 e. The second kappa shape index (κ2) is 5.27. The maximum absolute atomic E-state index is 12.5. The van der Waals surface area contributed by atoms with Crippen molar-refractivity contribution in [3.63, 3.8) is 0 Å². The van der Waals surface area contributed by atoms with Gasteiger partial charge in [0.25, 0.3) is 11.8 Å². The minimum absolute atomic E-state index is 0.183. The lowest BCUT2D eigenvalue weighted by Crippen LogP contribution is -2.29. The normalized spacial score (nSPS) is 13.3. The zero-order valence-corrected chi connectivity index (χ0v) is 12.3.